The lowest BCUT2D eigenvalue weighted by Crippen LogP contribution is -2.30. The molecule has 1 amide bonds. The zero-order valence-electron chi connectivity index (χ0n) is 14.0. The summed E-state index contributed by atoms with van der Waals surface area (Å²) in [6.07, 6.45) is 1.71. The largest absolute Gasteiger partial charge is 0.278 e. The van der Waals surface area contributed by atoms with Gasteiger partial charge < -0.3 is 0 Å². The molecular weight excluding hydrogens is 446 g/mol. The molecule has 4 aromatic rings. The van der Waals surface area contributed by atoms with Crippen molar-refractivity contribution in [3.63, 3.8) is 0 Å². The Balaban J connectivity index is 1.79. The molecule has 0 fully saturated rings. The van der Waals surface area contributed by atoms with Gasteiger partial charge in [0.25, 0.3) is 5.91 Å². The van der Waals surface area contributed by atoms with Crippen LogP contribution in [-0.2, 0) is 6.54 Å². The number of hydrogen-bond acceptors (Lipinski definition) is 4. The summed E-state index contributed by atoms with van der Waals surface area (Å²) in [7, 11) is 0. The summed E-state index contributed by atoms with van der Waals surface area (Å²) >= 11 is 11.2. The number of thiazole rings is 1. The molecule has 0 aliphatic carbocycles. The van der Waals surface area contributed by atoms with Crippen molar-refractivity contribution in [2.24, 2.45) is 0 Å². The standard InChI is InChI=1S/C20H13BrClN3OS/c21-13-8-9-17-18(11-13)27-20(24-17)25(12-14-5-3-4-10-23-14)19(26)15-6-1-2-7-16(15)22/h1-11H,12H2. The highest BCUT2D eigenvalue weighted by molar-refractivity contribution is 9.10. The molecule has 0 bridgehead atoms. The molecule has 0 aliphatic heterocycles. The quantitative estimate of drug-likeness (QED) is 0.379. The number of aromatic nitrogens is 2. The van der Waals surface area contributed by atoms with E-state index in [1.165, 1.54) is 11.3 Å². The van der Waals surface area contributed by atoms with Crippen LogP contribution in [0.1, 0.15) is 16.1 Å². The van der Waals surface area contributed by atoms with E-state index in [4.69, 9.17) is 11.6 Å². The maximum atomic E-state index is 13.3. The van der Waals surface area contributed by atoms with Crippen LogP contribution in [0.5, 0.6) is 0 Å². The molecule has 7 heteroatoms. The highest BCUT2D eigenvalue weighted by atomic mass is 79.9. The summed E-state index contributed by atoms with van der Waals surface area (Å²) in [4.78, 5) is 23.9. The van der Waals surface area contributed by atoms with E-state index in [0.717, 1.165) is 20.4 Å². The lowest BCUT2D eigenvalue weighted by molar-refractivity contribution is 0.0985. The van der Waals surface area contributed by atoms with Gasteiger partial charge in [0, 0.05) is 10.7 Å². The fourth-order valence-corrected chi connectivity index (χ4v) is 4.39. The first kappa shape index (κ1) is 18.1. The first-order chi connectivity index (χ1) is 13.1. The van der Waals surface area contributed by atoms with Crippen molar-refractivity contribution in [2.75, 3.05) is 4.90 Å². The number of fused-ring (bicyclic) bond motifs is 1. The SMILES string of the molecule is O=C(c1ccccc1Cl)N(Cc1ccccn1)c1nc2ccc(Br)cc2s1. The van der Waals surface area contributed by atoms with Gasteiger partial charge >= 0.3 is 0 Å². The van der Waals surface area contributed by atoms with Gasteiger partial charge in [-0.25, -0.2) is 4.98 Å². The predicted molar refractivity (Wildman–Crippen MR) is 114 cm³/mol. The number of rotatable bonds is 4. The number of halogens is 2. The van der Waals surface area contributed by atoms with Crippen molar-refractivity contribution in [2.45, 2.75) is 6.54 Å². The third-order valence-electron chi connectivity index (χ3n) is 3.97. The minimum atomic E-state index is -0.204. The van der Waals surface area contributed by atoms with Crippen LogP contribution in [0, 0.1) is 0 Å². The van der Waals surface area contributed by atoms with Gasteiger partial charge in [0.15, 0.2) is 5.13 Å². The van der Waals surface area contributed by atoms with Crippen LogP contribution in [0.3, 0.4) is 0 Å². The van der Waals surface area contributed by atoms with Crippen molar-refractivity contribution in [1.29, 1.82) is 0 Å². The van der Waals surface area contributed by atoms with E-state index < -0.39 is 0 Å². The highest BCUT2D eigenvalue weighted by Crippen LogP contribution is 2.33. The number of carbonyl (C=O) groups is 1. The van der Waals surface area contributed by atoms with Crippen molar-refractivity contribution in [3.05, 3.63) is 87.6 Å². The fraction of sp³-hybridized carbons (Fsp3) is 0.0500. The molecule has 4 rings (SSSR count). The van der Waals surface area contributed by atoms with Gasteiger partial charge in [0.2, 0.25) is 0 Å². The number of nitrogens with zero attached hydrogens (tertiary/aromatic N) is 3. The second-order valence-corrected chi connectivity index (χ2v) is 8.13. The van der Waals surface area contributed by atoms with Gasteiger partial charge in [0.1, 0.15) is 0 Å². The van der Waals surface area contributed by atoms with Crippen LogP contribution in [0.25, 0.3) is 10.2 Å². The van der Waals surface area contributed by atoms with Gasteiger partial charge in [-0.05, 0) is 42.5 Å². The molecule has 27 heavy (non-hydrogen) atoms. The average Bonchev–Trinajstić information content (AvgIpc) is 3.09. The minimum absolute atomic E-state index is 0.204. The summed E-state index contributed by atoms with van der Waals surface area (Å²) in [5, 5.41) is 1.02. The van der Waals surface area contributed by atoms with Gasteiger partial charge in [0.05, 0.1) is 33.0 Å². The molecule has 0 N–H and O–H groups in total. The molecule has 2 heterocycles. The highest BCUT2D eigenvalue weighted by Gasteiger charge is 2.23. The van der Waals surface area contributed by atoms with Crippen LogP contribution in [0.4, 0.5) is 5.13 Å². The Kier molecular flexibility index (Phi) is 5.20. The Labute approximate surface area is 173 Å². The summed E-state index contributed by atoms with van der Waals surface area (Å²) in [6.45, 7) is 0.311. The van der Waals surface area contributed by atoms with E-state index in [0.29, 0.717) is 22.3 Å². The molecule has 0 saturated heterocycles. The minimum Gasteiger partial charge on any atom is -0.278 e. The molecular formula is C20H13BrClN3OS. The van der Waals surface area contributed by atoms with E-state index >= 15 is 0 Å². The third kappa shape index (κ3) is 3.88. The van der Waals surface area contributed by atoms with Gasteiger partial charge in [-0.2, -0.15) is 0 Å². The molecule has 0 spiro atoms. The maximum absolute atomic E-state index is 13.3. The number of carbonyl (C=O) groups excluding carboxylic acids is 1. The Morgan fingerprint density at radius 1 is 1.11 bits per heavy atom. The van der Waals surface area contributed by atoms with E-state index in [2.05, 4.69) is 25.9 Å². The first-order valence-electron chi connectivity index (χ1n) is 8.14. The van der Waals surface area contributed by atoms with Crippen LogP contribution in [0.2, 0.25) is 5.02 Å². The smallest absolute Gasteiger partial charge is 0.261 e. The monoisotopic (exact) mass is 457 g/mol. The third-order valence-corrected chi connectivity index (χ3v) is 5.83. The first-order valence-corrected chi connectivity index (χ1v) is 10.1. The van der Waals surface area contributed by atoms with Crippen LogP contribution < -0.4 is 4.90 Å². The van der Waals surface area contributed by atoms with Crippen LogP contribution in [0.15, 0.2) is 71.3 Å². The molecule has 0 aliphatic rings. The molecule has 0 radical (unpaired) electrons. The second kappa shape index (κ2) is 7.76. The Morgan fingerprint density at radius 3 is 2.70 bits per heavy atom. The summed E-state index contributed by atoms with van der Waals surface area (Å²) in [5.41, 5.74) is 2.06. The Hall–Kier alpha value is -2.28. The van der Waals surface area contributed by atoms with Crippen molar-refractivity contribution in [3.8, 4) is 0 Å². The van der Waals surface area contributed by atoms with Crippen molar-refractivity contribution in [1.82, 2.24) is 9.97 Å². The van der Waals surface area contributed by atoms with Crippen LogP contribution >= 0.6 is 38.9 Å². The number of amides is 1. The molecule has 2 aromatic heterocycles. The topological polar surface area (TPSA) is 46.1 Å². The molecule has 0 saturated carbocycles. The van der Waals surface area contributed by atoms with E-state index in [9.17, 15) is 4.79 Å². The normalized spacial score (nSPS) is 10.9. The van der Waals surface area contributed by atoms with E-state index in [1.54, 1.807) is 35.4 Å². The summed E-state index contributed by atoms with van der Waals surface area (Å²) in [5.74, 6) is -0.204. The van der Waals surface area contributed by atoms with Gasteiger partial charge in [-0.15, -0.1) is 0 Å². The number of pyridine rings is 1. The second-order valence-electron chi connectivity index (χ2n) is 5.80. The summed E-state index contributed by atoms with van der Waals surface area (Å²) in [6, 6.07) is 18.5. The number of hydrogen-bond donors (Lipinski definition) is 0. The molecule has 134 valence electrons. The number of anilines is 1. The zero-order chi connectivity index (χ0) is 18.8. The Bertz CT molecular complexity index is 1120. The molecule has 0 unspecified atom stereocenters. The van der Waals surface area contributed by atoms with Crippen molar-refractivity contribution >= 4 is 60.1 Å². The Morgan fingerprint density at radius 2 is 1.93 bits per heavy atom. The lowest BCUT2D eigenvalue weighted by atomic mass is 10.2. The molecule has 4 nitrogen and oxygen atoms in total. The van der Waals surface area contributed by atoms with Gasteiger partial charge in [-0.3, -0.25) is 14.7 Å². The van der Waals surface area contributed by atoms with E-state index in [-0.39, 0.29) is 5.91 Å². The zero-order valence-corrected chi connectivity index (χ0v) is 17.1. The van der Waals surface area contributed by atoms with Crippen LogP contribution in [-0.4, -0.2) is 15.9 Å². The lowest BCUT2D eigenvalue weighted by Gasteiger charge is -2.20. The summed E-state index contributed by atoms with van der Waals surface area (Å²) < 4.78 is 1.97. The van der Waals surface area contributed by atoms with E-state index in [1.807, 2.05) is 36.4 Å². The van der Waals surface area contributed by atoms with Gasteiger partial charge in [-0.1, -0.05) is 57.1 Å². The molecule has 2 aromatic carbocycles. The molecule has 0 atom stereocenters. The van der Waals surface area contributed by atoms with Crippen molar-refractivity contribution < 1.29 is 4.79 Å². The maximum Gasteiger partial charge on any atom is 0.261 e. The number of benzene rings is 2. The average molecular weight is 459 g/mol. The predicted octanol–water partition coefficient (Wildman–Crippen LogP) is 5.95. The fourth-order valence-electron chi connectivity index (χ4n) is 2.66.